The Hall–Kier alpha value is -3.19. The number of amides is 1. The molecule has 0 spiro atoms. The van der Waals surface area contributed by atoms with Crippen LogP contribution in [0.3, 0.4) is 0 Å². The highest BCUT2D eigenvalue weighted by Crippen LogP contribution is 2.37. The monoisotopic (exact) mass is 453 g/mol. The van der Waals surface area contributed by atoms with Gasteiger partial charge in [0.15, 0.2) is 11.5 Å². The Bertz CT molecular complexity index is 979. The SMILES string of the molecule is CCOc1cc(C=NNC(=O)c2cccnc2)cc(Br)c1OCc1ccccc1. The summed E-state index contributed by atoms with van der Waals surface area (Å²) in [5.74, 6) is 0.881. The Morgan fingerprint density at radius 3 is 2.72 bits per heavy atom. The van der Waals surface area contributed by atoms with Gasteiger partial charge in [-0.1, -0.05) is 30.3 Å². The van der Waals surface area contributed by atoms with Crippen molar-refractivity contribution in [1.82, 2.24) is 10.4 Å². The van der Waals surface area contributed by atoms with Crippen molar-refractivity contribution < 1.29 is 14.3 Å². The lowest BCUT2D eigenvalue weighted by Gasteiger charge is -2.14. The maximum absolute atomic E-state index is 12.0. The van der Waals surface area contributed by atoms with Crippen LogP contribution in [0.2, 0.25) is 0 Å². The molecule has 3 aromatic rings. The van der Waals surface area contributed by atoms with Crippen LogP contribution < -0.4 is 14.9 Å². The number of pyridine rings is 1. The predicted octanol–water partition coefficient (Wildman–Crippen LogP) is 4.59. The summed E-state index contributed by atoms with van der Waals surface area (Å²) in [4.78, 5) is 15.9. The molecule has 3 rings (SSSR count). The van der Waals surface area contributed by atoms with Gasteiger partial charge in [0, 0.05) is 12.4 Å². The third-order valence-electron chi connectivity index (χ3n) is 3.86. The van der Waals surface area contributed by atoms with Gasteiger partial charge in [0.25, 0.3) is 5.91 Å². The second kappa shape index (κ2) is 10.4. The molecular weight excluding hydrogens is 434 g/mol. The zero-order chi connectivity index (χ0) is 20.5. The van der Waals surface area contributed by atoms with Gasteiger partial charge in [0.05, 0.1) is 22.9 Å². The standard InChI is InChI=1S/C22H20BrN3O3/c1-2-28-20-12-17(13-25-26-22(27)18-9-6-10-24-14-18)11-19(23)21(20)29-15-16-7-4-3-5-8-16/h3-14H,2,15H2,1H3,(H,26,27). The third-order valence-corrected chi connectivity index (χ3v) is 4.45. The van der Waals surface area contributed by atoms with Gasteiger partial charge in [-0.25, -0.2) is 5.43 Å². The van der Waals surface area contributed by atoms with E-state index in [0.29, 0.717) is 30.3 Å². The second-order valence-corrected chi connectivity index (χ2v) is 6.83. The molecule has 0 aliphatic rings. The number of carbonyl (C=O) groups excluding carboxylic acids is 1. The van der Waals surface area contributed by atoms with Crippen molar-refractivity contribution >= 4 is 28.1 Å². The Morgan fingerprint density at radius 1 is 1.17 bits per heavy atom. The summed E-state index contributed by atoms with van der Waals surface area (Å²) in [5.41, 5.74) is 4.73. The van der Waals surface area contributed by atoms with Crippen molar-refractivity contribution in [2.45, 2.75) is 13.5 Å². The van der Waals surface area contributed by atoms with Crippen LogP contribution in [0.1, 0.15) is 28.4 Å². The van der Waals surface area contributed by atoms with Gasteiger partial charge >= 0.3 is 0 Å². The van der Waals surface area contributed by atoms with Crippen LogP contribution in [-0.2, 0) is 6.61 Å². The van der Waals surface area contributed by atoms with Gasteiger partial charge in [-0.3, -0.25) is 9.78 Å². The van der Waals surface area contributed by atoms with E-state index in [1.165, 1.54) is 6.20 Å². The number of benzene rings is 2. The maximum atomic E-state index is 12.0. The lowest BCUT2D eigenvalue weighted by Crippen LogP contribution is -2.17. The normalized spacial score (nSPS) is 10.7. The van der Waals surface area contributed by atoms with E-state index in [4.69, 9.17) is 9.47 Å². The summed E-state index contributed by atoms with van der Waals surface area (Å²) in [6, 6.07) is 16.9. The smallest absolute Gasteiger partial charge is 0.272 e. The van der Waals surface area contributed by atoms with Gasteiger partial charge in [0.1, 0.15) is 6.61 Å². The summed E-state index contributed by atoms with van der Waals surface area (Å²) >= 11 is 3.54. The molecule has 1 aromatic heterocycles. The van der Waals surface area contributed by atoms with Crippen LogP contribution in [0.15, 0.2) is 76.6 Å². The summed E-state index contributed by atoms with van der Waals surface area (Å²) in [6.07, 6.45) is 4.63. The van der Waals surface area contributed by atoms with Crippen molar-refractivity contribution in [2.24, 2.45) is 5.10 Å². The number of hydrazone groups is 1. The number of aromatic nitrogens is 1. The molecule has 0 unspecified atom stereocenters. The van der Waals surface area contributed by atoms with Crippen LogP contribution in [0.4, 0.5) is 0 Å². The molecule has 1 heterocycles. The highest BCUT2D eigenvalue weighted by Gasteiger charge is 2.12. The molecule has 0 atom stereocenters. The van der Waals surface area contributed by atoms with Crippen LogP contribution in [0, 0.1) is 0 Å². The quantitative estimate of drug-likeness (QED) is 0.399. The number of carbonyl (C=O) groups is 1. The van der Waals surface area contributed by atoms with E-state index in [2.05, 4.69) is 31.4 Å². The predicted molar refractivity (Wildman–Crippen MR) is 115 cm³/mol. The first-order valence-electron chi connectivity index (χ1n) is 9.04. The molecule has 1 amide bonds. The molecule has 0 radical (unpaired) electrons. The highest BCUT2D eigenvalue weighted by molar-refractivity contribution is 9.10. The summed E-state index contributed by atoms with van der Waals surface area (Å²) in [7, 11) is 0. The van der Waals surface area contributed by atoms with E-state index in [0.717, 1.165) is 15.6 Å². The van der Waals surface area contributed by atoms with Gasteiger partial charge in [0.2, 0.25) is 0 Å². The lowest BCUT2D eigenvalue weighted by atomic mass is 10.2. The molecule has 0 saturated heterocycles. The first-order chi connectivity index (χ1) is 14.2. The molecule has 148 valence electrons. The molecule has 29 heavy (non-hydrogen) atoms. The highest BCUT2D eigenvalue weighted by atomic mass is 79.9. The van der Waals surface area contributed by atoms with Gasteiger partial charge in [-0.05, 0) is 58.2 Å². The number of ether oxygens (including phenoxy) is 2. The first kappa shape index (κ1) is 20.5. The minimum Gasteiger partial charge on any atom is -0.490 e. The number of rotatable bonds is 8. The number of halogens is 1. The zero-order valence-corrected chi connectivity index (χ0v) is 17.4. The summed E-state index contributed by atoms with van der Waals surface area (Å²) < 4.78 is 12.4. The van der Waals surface area contributed by atoms with Crippen molar-refractivity contribution in [2.75, 3.05) is 6.61 Å². The van der Waals surface area contributed by atoms with Crippen LogP contribution in [0.25, 0.3) is 0 Å². The van der Waals surface area contributed by atoms with Gasteiger partial charge in [-0.15, -0.1) is 0 Å². The van der Waals surface area contributed by atoms with Crippen LogP contribution in [0.5, 0.6) is 11.5 Å². The zero-order valence-electron chi connectivity index (χ0n) is 15.8. The van der Waals surface area contributed by atoms with E-state index in [1.807, 2.05) is 49.4 Å². The van der Waals surface area contributed by atoms with Crippen molar-refractivity contribution in [3.05, 3.63) is 88.2 Å². The fraction of sp³-hybridized carbons (Fsp3) is 0.136. The van der Waals surface area contributed by atoms with Crippen molar-refractivity contribution in [3.8, 4) is 11.5 Å². The topological polar surface area (TPSA) is 72.8 Å². The Kier molecular flexibility index (Phi) is 7.35. The molecule has 0 bridgehead atoms. The fourth-order valence-electron chi connectivity index (χ4n) is 2.52. The number of hydrogen-bond acceptors (Lipinski definition) is 5. The molecular formula is C22H20BrN3O3. The molecule has 0 saturated carbocycles. The minimum atomic E-state index is -0.332. The van der Waals surface area contributed by atoms with Crippen molar-refractivity contribution in [3.63, 3.8) is 0 Å². The number of nitrogens with zero attached hydrogens (tertiary/aromatic N) is 2. The minimum absolute atomic E-state index is 0.332. The summed E-state index contributed by atoms with van der Waals surface area (Å²) in [5, 5.41) is 4.01. The summed E-state index contributed by atoms with van der Waals surface area (Å²) in [6.45, 7) is 2.82. The second-order valence-electron chi connectivity index (χ2n) is 5.98. The largest absolute Gasteiger partial charge is 0.490 e. The lowest BCUT2D eigenvalue weighted by molar-refractivity contribution is 0.0955. The van der Waals surface area contributed by atoms with Crippen LogP contribution in [-0.4, -0.2) is 23.7 Å². The fourth-order valence-corrected chi connectivity index (χ4v) is 3.10. The molecule has 0 fully saturated rings. The van der Waals surface area contributed by atoms with Crippen LogP contribution >= 0.6 is 15.9 Å². The Balaban J connectivity index is 1.72. The Morgan fingerprint density at radius 2 is 2.00 bits per heavy atom. The number of hydrogen-bond donors (Lipinski definition) is 1. The molecule has 1 N–H and O–H groups in total. The van der Waals surface area contributed by atoms with E-state index in [-0.39, 0.29) is 5.91 Å². The van der Waals surface area contributed by atoms with E-state index in [9.17, 15) is 4.79 Å². The van der Waals surface area contributed by atoms with E-state index >= 15 is 0 Å². The average molecular weight is 454 g/mol. The Labute approximate surface area is 177 Å². The first-order valence-corrected chi connectivity index (χ1v) is 9.83. The van der Waals surface area contributed by atoms with Crippen molar-refractivity contribution in [1.29, 1.82) is 0 Å². The molecule has 6 nitrogen and oxygen atoms in total. The maximum Gasteiger partial charge on any atom is 0.272 e. The number of nitrogens with one attached hydrogen (secondary N) is 1. The van der Waals surface area contributed by atoms with Gasteiger partial charge < -0.3 is 9.47 Å². The van der Waals surface area contributed by atoms with Gasteiger partial charge in [-0.2, -0.15) is 5.10 Å². The molecule has 2 aromatic carbocycles. The van der Waals surface area contributed by atoms with E-state index < -0.39 is 0 Å². The average Bonchev–Trinajstić information content (AvgIpc) is 2.74. The van der Waals surface area contributed by atoms with E-state index in [1.54, 1.807) is 24.5 Å². The molecule has 0 aliphatic carbocycles. The molecule has 0 aliphatic heterocycles. The molecule has 7 heteroatoms. The third kappa shape index (κ3) is 5.89.